The summed E-state index contributed by atoms with van der Waals surface area (Å²) in [4.78, 5) is 2.33. The van der Waals surface area contributed by atoms with Gasteiger partial charge in [0.05, 0.1) is 12.2 Å². The molecule has 3 heteroatoms. The second kappa shape index (κ2) is 3.88. The van der Waals surface area contributed by atoms with Crippen LogP contribution >= 0.6 is 22.6 Å². The highest BCUT2D eigenvalue weighted by atomic mass is 127. The van der Waals surface area contributed by atoms with E-state index in [0.29, 0.717) is 12.2 Å². The summed E-state index contributed by atoms with van der Waals surface area (Å²) in [7, 11) is 2.15. The fraction of sp³-hybridized carbons (Fsp3) is 1.00. The van der Waals surface area contributed by atoms with Gasteiger partial charge >= 0.3 is 0 Å². The molecule has 0 bridgehead atoms. The van der Waals surface area contributed by atoms with Gasteiger partial charge in [-0.2, -0.15) is 0 Å². The maximum absolute atomic E-state index is 5.66. The average molecular weight is 255 g/mol. The summed E-state index contributed by atoms with van der Waals surface area (Å²) in [5, 5.41) is 0. The van der Waals surface area contributed by atoms with Gasteiger partial charge in [0.2, 0.25) is 0 Å². The van der Waals surface area contributed by atoms with Crippen LogP contribution < -0.4 is 0 Å². The van der Waals surface area contributed by atoms with Gasteiger partial charge in [-0.15, -0.1) is 0 Å². The van der Waals surface area contributed by atoms with Crippen molar-refractivity contribution in [3.63, 3.8) is 0 Å². The molecule has 1 heterocycles. The molecular weight excluding hydrogens is 241 g/mol. The van der Waals surface area contributed by atoms with Crippen molar-refractivity contribution in [1.82, 2.24) is 4.90 Å². The van der Waals surface area contributed by atoms with Crippen LogP contribution in [-0.2, 0) is 4.74 Å². The van der Waals surface area contributed by atoms with Crippen molar-refractivity contribution in [2.24, 2.45) is 0 Å². The van der Waals surface area contributed by atoms with Crippen molar-refractivity contribution < 1.29 is 4.74 Å². The topological polar surface area (TPSA) is 12.5 Å². The number of morpholine rings is 1. The first kappa shape index (κ1) is 8.74. The van der Waals surface area contributed by atoms with Gasteiger partial charge in [-0.3, -0.25) is 0 Å². The zero-order valence-electron chi connectivity index (χ0n) is 6.51. The van der Waals surface area contributed by atoms with Gasteiger partial charge < -0.3 is 9.64 Å². The Kier molecular flexibility index (Phi) is 3.39. The molecule has 1 rings (SSSR count). The molecule has 0 aromatic carbocycles. The number of alkyl halides is 1. The first-order valence-electron chi connectivity index (χ1n) is 3.62. The Balaban J connectivity index is 2.35. The van der Waals surface area contributed by atoms with Gasteiger partial charge in [0.1, 0.15) is 0 Å². The van der Waals surface area contributed by atoms with E-state index in [9.17, 15) is 0 Å². The van der Waals surface area contributed by atoms with E-state index in [1.54, 1.807) is 0 Å². The van der Waals surface area contributed by atoms with E-state index in [1.165, 1.54) is 0 Å². The Morgan fingerprint density at radius 3 is 2.80 bits per heavy atom. The van der Waals surface area contributed by atoms with Crippen molar-refractivity contribution in [3.05, 3.63) is 0 Å². The van der Waals surface area contributed by atoms with Gasteiger partial charge in [-0.1, -0.05) is 22.6 Å². The molecule has 0 N–H and O–H groups in total. The van der Waals surface area contributed by atoms with Crippen LogP contribution in [0.25, 0.3) is 0 Å². The van der Waals surface area contributed by atoms with Gasteiger partial charge in [-0.25, -0.2) is 0 Å². The monoisotopic (exact) mass is 255 g/mol. The summed E-state index contributed by atoms with van der Waals surface area (Å²) >= 11 is 2.38. The van der Waals surface area contributed by atoms with E-state index in [0.717, 1.165) is 17.5 Å². The van der Waals surface area contributed by atoms with Crippen LogP contribution in [0.15, 0.2) is 0 Å². The van der Waals surface area contributed by atoms with Gasteiger partial charge in [0.25, 0.3) is 0 Å². The van der Waals surface area contributed by atoms with Crippen LogP contribution in [0.1, 0.15) is 6.92 Å². The molecule has 0 aliphatic carbocycles. The molecule has 2 atom stereocenters. The molecule has 0 radical (unpaired) electrons. The van der Waals surface area contributed by atoms with E-state index in [1.807, 2.05) is 0 Å². The first-order valence-corrected chi connectivity index (χ1v) is 5.15. The Morgan fingerprint density at radius 2 is 2.30 bits per heavy atom. The SMILES string of the molecule is CC1CN(C)CC(CI)O1. The van der Waals surface area contributed by atoms with E-state index >= 15 is 0 Å². The fourth-order valence-electron chi connectivity index (χ4n) is 1.36. The predicted octanol–water partition coefficient (Wildman–Crippen LogP) is 1.14. The molecule has 0 amide bonds. The highest BCUT2D eigenvalue weighted by Gasteiger charge is 2.21. The Hall–Kier alpha value is 0.650. The lowest BCUT2D eigenvalue weighted by molar-refractivity contribution is -0.0566. The maximum Gasteiger partial charge on any atom is 0.0795 e. The summed E-state index contributed by atoms with van der Waals surface area (Å²) in [6.45, 7) is 4.30. The normalized spacial score (nSPS) is 36.3. The highest BCUT2D eigenvalue weighted by Crippen LogP contribution is 2.10. The van der Waals surface area contributed by atoms with Gasteiger partial charge in [-0.05, 0) is 14.0 Å². The van der Waals surface area contributed by atoms with Crippen LogP contribution in [0.3, 0.4) is 0 Å². The number of nitrogens with zero attached hydrogens (tertiary/aromatic N) is 1. The van der Waals surface area contributed by atoms with Crippen LogP contribution in [0.2, 0.25) is 0 Å². The maximum atomic E-state index is 5.66. The molecule has 1 fully saturated rings. The number of ether oxygens (including phenoxy) is 1. The molecule has 0 aromatic heterocycles. The third-order valence-corrected chi connectivity index (χ3v) is 2.66. The summed E-state index contributed by atoms with van der Waals surface area (Å²) in [6.07, 6.45) is 0.868. The molecule has 0 saturated carbocycles. The van der Waals surface area contributed by atoms with Crippen molar-refractivity contribution in [2.75, 3.05) is 24.6 Å². The molecule has 1 aliphatic heterocycles. The largest absolute Gasteiger partial charge is 0.372 e. The molecule has 0 aromatic rings. The fourth-order valence-corrected chi connectivity index (χ4v) is 1.85. The summed E-state index contributed by atoms with van der Waals surface area (Å²) in [6, 6.07) is 0. The summed E-state index contributed by atoms with van der Waals surface area (Å²) in [5.41, 5.74) is 0. The van der Waals surface area contributed by atoms with Crippen molar-refractivity contribution in [1.29, 1.82) is 0 Å². The lowest BCUT2D eigenvalue weighted by Crippen LogP contribution is -2.45. The molecular formula is C7H14INO. The number of hydrogen-bond donors (Lipinski definition) is 0. The molecule has 10 heavy (non-hydrogen) atoms. The summed E-state index contributed by atoms with van der Waals surface area (Å²) in [5.74, 6) is 0. The third kappa shape index (κ3) is 2.36. The minimum atomic E-state index is 0.415. The number of halogens is 1. The lowest BCUT2D eigenvalue weighted by Gasteiger charge is -2.33. The Labute approximate surface area is 76.1 Å². The minimum Gasteiger partial charge on any atom is -0.372 e. The highest BCUT2D eigenvalue weighted by molar-refractivity contribution is 14.1. The average Bonchev–Trinajstić information content (AvgIpc) is 1.85. The van der Waals surface area contributed by atoms with E-state index in [-0.39, 0.29) is 0 Å². The van der Waals surface area contributed by atoms with Crippen LogP contribution in [0, 0.1) is 0 Å². The Morgan fingerprint density at radius 1 is 1.60 bits per heavy atom. The van der Waals surface area contributed by atoms with Crippen LogP contribution in [0.5, 0.6) is 0 Å². The van der Waals surface area contributed by atoms with E-state index in [2.05, 4.69) is 41.5 Å². The quantitative estimate of drug-likeness (QED) is 0.514. The number of rotatable bonds is 1. The second-order valence-corrected chi connectivity index (χ2v) is 3.83. The van der Waals surface area contributed by atoms with E-state index < -0.39 is 0 Å². The molecule has 2 unspecified atom stereocenters. The molecule has 1 aliphatic rings. The lowest BCUT2D eigenvalue weighted by atomic mass is 10.2. The molecule has 1 saturated heterocycles. The second-order valence-electron chi connectivity index (χ2n) is 2.94. The van der Waals surface area contributed by atoms with Crippen molar-refractivity contribution in [3.8, 4) is 0 Å². The van der Waals surface area contributed by atoms with Crippen molar-refractivity contribution >= 4 is 22.6 Å². The van der Waals surface area contributed by atoms with Gasteiger partial charge in [0, 0.05) is 17.5 Å². The zero-order chi connectivity index (χ0) is 7.56. The summed E-state index contributed by atoms with van der Waals surface area (Å²) < 4.78 is 6.76. The van der Waals surface area contributed by atoms with Gasteiger partial charge in [0.15, 0.2) is 0 Å². The zero-order valence-corrected chi connectivity index (χ0v) is 8.67. The predicted molar refractivity (Wildman–Crippen MR) is 50.7 cm³/mol. The molecule has 60 valence electrons. The standard InChI is InChI=1S/C7H14INO/c1-6-4-9(2)5-7(3-8)10-6/h6-7H,3-5H2,1-2H3. The third-order valence-electron chi connectivity index (χ3n) is 1.68. The minimum absolute atomic E-state index is 0.415. The van der Waals surface area contributed by atoms with E-state index in [4.69, 9.17) is 4.74 Å². The van der Waals surface area contributed by atoms with Crippen LogP contribution in [-0.4, -0.2) is 41.7 Å². The first-order chi connectivity index (χ1) is 4.72. The molecule has 2 nitrogen and oxygen atoms in total. The smallest absolute Gasteiger partial charge is 0.0795 e. The number of likely N-dealkylation sites (N-methyl/N-ethyl adjacent to an activating group) is 1. The van der Waals surface area contributed by atoms with Crippen LogP contribution in [0.4, 0.5) is 0 Å². The number of hydrogen-bond acceptors (Lipinski definition) is 2. The van der Waals surface area contributed by atoms with Crippen molar-refractivity contribution in [2.45, 2.75) is 19.1 Å². The molecule has 0 spiro atoms. The Bertz CT molecular complexity index is 99.8.